The number of carbonyl (C=O) groups is 8. The van der Waals surface area contributed by atoms with Gasteiger partial charge in [-0.25, -0.2) is 0 Å². The molecule has 7 amide bonds. The number of aliphatic carboxylic acids is 1. The van der Waals surface area contributed by atoms with Gasteiger partial charge in [-0.3, -0.25) is 43.3 Å². The maximum Gasteiger partial charge on any atom is 1.00 e. The van der Waals surface area contributed by atoms with Gasteiger partial charge >= 0.3 is 35.5 Å². The molecule has 4 unspecified atom stereocenters. The second-order valence-corrected chi connectivity index (χ2v) is 9.19. The number of likely N-dealkylation sites (N-methyl/N-ethyl adjacent to an activating group) is 2. The first-order chi connectivity index (χ1) is 19.2. The van der Waals surface area contributed by atoms with Crippen LogP contribution in [0.25, 0.3) is 0 Å². The first-order valence-electron chi connectivity index (χ1n) is 12.8. The Morgan fingerprint density at radius 2 is 1.33 bits per heavy atom. The third-order valence-corrected chi connectivity index (χ3v) is 5.70. The van der Waals surface area contributed by atoms with Crippen molar-refractivity contribution in [3.05, 3.63) is 0 Å². The van der Waals surface area contributed by atoms with Gasteiger partial charge in [0.15, 0.2) is 0 Å². The number of amides is 7. The van der Waals surface area contributed by atoms with Gasteiger partial charge in [-0.2, -0.15) is 0 Å². The molecule has 9 N–H and O–H groups in total. The molecule has 240 valence electrons. The van der Waals surface area contributed by atoms with E-state index in [2.05, 4.69) is 26.6 Å². The predicted octanol–water partition coefficient (Wildman–Crippen LogP) is -7.35. The fourth-order valence-corrected chi connectivity index (χ4v) is 3.33. The van der Waals surface area contributed by atoms with Crippen LogP contribution in [0.4, 0.5) is 0 Å². The van der Waals surface area contributed by atoms with Crippen molar-refractivity contribution in [1.82, 2.24) is 31.5 Å². The van der Waals surface area contributed by atoms with Crippen molar-refractivity contribution in [2.24, 2.45) is 11.8 Å². The van der Waals surface area contributed by atoms with Gasteiger partial charge in [-0.15, -0.1) is 0 Å². The minimum Gasteiger partial charge on any atom is -0.870 e. The number of aliphatic hydroxyl groups excluding tert-OH is 2. The van der Waals surface area contributed by atoms with Crippen molar-refractivity contribution in [1.29, 1.82) is 0 Å². The summed E-state index contributed by atoms with van der Waals surface area (Å²) in [5.41, 5.74) is 0. The van der Waals surface area contributed by atoms with Crippen LogP contribution in [0.1, 0.15) is 39.5 Å². The summed E-state index contributed by atoms with van der Waals surface area (Å²) >= 11 is 0. The fraction of sp³-hybridized carbons (Fsp3) is 0.667. The summed E-state index contributed by atoms with van der Waals surface area (Å²) in [4.78, 5) is 92.5. The summed E-state index contributed by atoms with van der Waals surface area (Å²) in [5, 5.41) is 37.7. The van der Waals surface area contributed by atoms with Crippen LogP contribution >= 0.6 is 0 Å². The molecule has 1 aliphatic rings. The summed E-state index contributed by atoms with van der Waals surface area (Å²) in [6.07, 6.45) is -0.769. The zero-order valence-electron chi connectivity index (χ0n) is 25.0. The maximum atomic E-state index is 11.9. The Morgan fingerprint density at radius 1 is 0.860 bits per heavy atom. The molecular weight excluding hydrogens is 587 g/mol. The molecule has 0 radical (unpaired) electrons. The summed E-state index contributed by atoms with van der Waals surface area (Å²) in [6.45, 7) is 2.88. The Kier molecular flexibility index (Phi) is 24.0. The topological polar surface area (TPSA) is 291 Å². The van der Waals surface area contributed by atoms with Gasteiger partial charge in [0.05, 0.1) is 26.1 Å². The average Bonchev–Trinajstić information content (AvgIpc) is 3.15. The standard InChI is InChI=1S/C12H21N3O6.C12H19N3O5.Na.H2O/c1-7(5-9(17)14-3-4-16)11(20)15-8(6-10(18)19)12(21)13-2;1-7(5-9(17)13-3-4-16)11(19)14-8-6-10(18)15(2)12(8)20;;/h7-8,16H,3-6H2,1-2H3,(H,13,21)(H,14,17)(H,15,20)(H,18,19);7-8,16H,3-6H2,1-2H3,(H,13,17)(H,14,19);;1H2/q;;+1;/p-1. The number of carboxylic acids is 1. The van der Waals surface area contributed by atoms with Gasteiger partial charge in [0.2, 0.25) is 35.4 Å². The number of imide groups is 1. The minimum atomic E-state index is -1.22. The molecule has 0 aromatic rings. The molecule has 1 aliphatic heterocycles. The largest absolute Gasteiger partial charge is 1.00 e. The van der Waals surface area contributed by atoms with Gasteiger partial charge in [0, 0.05) is 51.9 Å². The second-order valence-electron chi connectivity index (χ2n) is 9.19. The Morgan fingerprint density at radius 3 is 1.70 bits per heavy atom. The molecule has 43 heavy (non-hydrogen) atoms. The van der Waals surface area contributed by atoms with E-state index in [4.69, 9.17) is 15.3 Å². The summed E-state index contributed by atoms with van der Waals surface area (Å²) in [7, 11) is 2.69. The van der Waals surface area contributed by atoms with Gasteiger partial charge in [-0.05, 0) is 0 Å². The van der Waals surface area contributed by atoms with Gasteiger partial charge in [0.1, 0.15) is 12.1 Å². The van der Waals surface area contributed by atoms with E-state index in [-0.39, 0.29) is 92.4 Å². The van der Waals surface area contributed by atoms with Crippen LogP contribution in [0.2, 0.25) is 0 Å². The SMILES string of the molecule is CC(CC(=O)NCCO)C(=O)NC1CC(=O)N(C)C1=O.CNC(=O)C(CC(=O)O)NC(=O)C(C)CC(=O)NCCO.[Na+].[OH-]. The van der Waals surface area contributed by atoms with Crippen LogP contribution in [-0.4, -0.2) is 125 Å². The van der Waals surface area contributed by atoms with E-state index in [1.54, 1.807) is 6.92 Å². The number of likely N-dealkylation sites (tertiary alicyclic amines) is 1. The van der Waals surface area contributed by atoms with Gasteiger partial charge in [0.25, 0.3) is 5.91 Å². The Hall–Kier alpha value is -3.16. The zero-order valence-corrected chi connectivity index (χ0v) is 27.0. The van der Waals surface area contributed by atoms with Crippen LogP contribution in [-0.2, 0) is 38.4 Å². The monoisotopic (exact) mass is 628 g/mol. The number of aliphatic hydroxyl groups is 2. The first kappa shape index (κ1) is 44.3. The van der Waals surface area contributed by atoms with Crippen molar-refractivity contribution < 1.29 is 88.7 Å². The van der Waals surface area contributed by atoms with E-state index in [1.807, 2.05) is 0 Å². The zero-order chi connectivity index (χ0) is 31.7. The molecule has 1 fully saturated rings. The van der Waals surface area contributed by atoms with E-state index in [0.29, 0.717) is 0 Å². The summed E-state index contributed by atoms with van der Waals surface area (Å²) in [6, 6.07) is -2.04. The van der Waals surface area contributed by atoms with Crippen LogP contribution in [0.5, 0.6) is 0 Å². The third kappa shape index (κ3) is 17.5. The molecule has 1 saturated heterocycles. The molecular formula is C24H41N6NaO12. The van der Waals surface area contributed by atoms with Crippen LogP contribution in [0.3, 0.4) is 0 Å². The quantitative estimate of drug-likeness (QED) is 0.0620. The Labute approximate surface area is 270 Å². The number of hydrogen-bond acceptors (Lipinski definition) is 11. The Bertz CT molecular complexity index is 982. The molecule has 0 spiro atoms. The predicted molar refractivity (Wildman–Crippen MR) is 142 cm³/mol. The maximum absolute atomic E-state index is 11.9. The Balaban J connectivity index is -0.000000711. The van der Waals surface area contributed by atoms with Crippen molar-refractivity contribution >= 4 is 47.3 Å². The molecule has 0 aliphatic carbocycles. The van der Waals surface area contributed by atoms with E-state index in [9.17, 15) is 38.4 Å². The number of nitrogens with zero attached hydrogens (tertiary/aromatic N) is 1. The van der Waals surface area contributed by atoms with E-state index in [1.165, 1.54) is 21.0 Å². The van der Waals surface area contributed by atoms with E-state index < -0.39 is 65.8 Å². The fourth-order valence-electron chi connectivity index (χ4n) is 3.33. The average molecular weight is 629 g/mol. The van der Waals surface area contributed by atoms with Crippen molar-refractivity contribution in [3.8, 4) is 0 Å². The molecule has 1 heterocycles. The van der Waals surface area contributed by atoms with Crippen LogP contribution < -0.4 is 56.1 Å². The van der Waals surface area contributed by atoms with Crippen molar-refractivity contribution in [2.45, 2.75) is 51.6 Å². The van der Waals surface area contributed by atoms with Gasteiger partial charge < -0.3 is 47.4 Å². The molecule has 0 aromatic carbocycles. The molecule has 18 nitrogen and oxygen atoms in total. The third-order valence-electron chi connectivity index (χ3n) is 5.70. The molecule has 19 heteroatoms. The summed E-state index contributed by atoms with van der Waals surface area (Å²) in [5.74, 6) is -5.80. The van der Waals surface area contributed by atoms with Crippen molar-refractivity contribution in [3.63, 3.8) is 0 Å². The van der Waals surface area contributed by atoms with E-state index >= 15 is 0 Å². The number of carboxylic acid groups (broad SMARTS) is 1. The van der Waals surface area contributed by atoms with Crippen LogP contribution in [0, 0.1) is 11.8 Å². The first-order valence-corrected chi connectivity index (χ1v) is 12.8. The molecule has 0 saturated carbocycles. The van der Waals surface area contributed by atoms with Crippen molar-refractivity contribution in [2.75, 3.05) is 40.4 Å². The number of nitrogens with one attached hydrogen (secondary N) is 5. The molecule has 0 aromatic heterocycles. The normalized spacial score (nSPS) is 15.6. The number of hydrogen-bond donors (Lipinski definition) is 8. The molecule has 0 bridgehead atoms. The van der Waals surface area contributed by atoms with Crippen LogP contribution in [0.15, 0.2) is 0 Å². The smallest absolute Gasteiger partial charge is 0.870 e. The molecule has 4 atom stereocenters. The second kappa shape index (κ2) is 23.3. The summed E-state index contributed by atoms with van der Waals surface area (Å²) < 4.78 is 0. The van der Waals surface area contributed by atoms with Gasteiger partial charge in [-0.1, -0.05) is 13.8 Å². The number of carbonyl (C=O) groups excluding carboxylic acids is 7. The molecule has 1 rings (SSSR count). The van der Waals surface area contributed by atoms with E-state index in [0.717, 1.165) is 4.90 Å². The number of rotatable bonds is 15. The minimum absolute atomic E-state index is 0.